The van der Waals surface area contributed by atoms with Crippen LogP contribution in [0.5, 0.6) is 5.75 Å². The molecule has 1 aromatic heterocycles. The fraction of sp³-hybridized carbons (Fsp3) is 0.538. The second-order valence-electron chi connectivity index (χ2n) is 10.1. The van der Waals surface area contributed by atoms with E-state index in [0.717, 1.165) is 43.7 Å². The van der Waals surface area contributed by atoms with Crippen molar-refractivity contribution in [1.82, 2.24) is 4.90 Å². The van der Waals surface area contributed by atoms with Crippen molar-refractivity contribution in [2.75, 3.05) is 50.6 Å². The van der Waals surface area contributed by atoms with Crippen molar-refractivity contribution >= 4 is 33.8 Å². The van der Waals surface area contributed by atoms with Crippen LogP contribution in [0.2, 0.25) is 0 Å². The Morgan fingerprint density at radius 1 is 1.15 bits per heavy atom. The molecule has 0 radical (unpaired) electrons. The van der Waals surface area contributed by atoms with Crippen molar-refractivity contribution in [2.24, 2.45) is 11.3 Å². The van der Waals surface area contributed by atoms with Crippen LogP contribution in [-0.4, -0.2) is 56.7 Å². The summed E-state index contributed by atoms with van der Waals surface area (Å²) in [7, 11) is 1.61. The molecule has 0 bridgehead atoms. The predicted octanol–water partition coefficient (Wildman–Crippen LogP) is 4.43. The quantitative estimate of drug-likeness (QED) is 0.633. The molecule has 1 aliphatic carbocycles. The summed E-state index contributed by atoms with van der Waals surface area (Å²) in [6, 6.07) is 7.28. The van der Waals surface area contributed by atoms with Crippen molar-refractivity contribution in [3.05, 3.63) is 40.3 Å². The van der Waals surface area contributed by atoms with E-state index in [1.165, 1.54) is 4.88 Å². The molecule has 2 N–H and O–H groups in total. The maximum atomic E-state index is 13.5. The highest BCUT2D eigenvalue weighted by Crippen LogP contribution is 2.44. The minimum atomic E-state index is -0.182. The molecular formula is C26H35N3O4S. The molecule has 1 saturated heterocycles. The molecule has 1 aromatic carbocycles. The normalized spacial score (nSPS) is 18.8. The number of nitrogens with zero attached hydrogens (tertiary/aromatic N) is 1. The van der Waals surface area contributed by atoms with E-state index in [2.05, 4.69) is 36.3 Å². The molecule has 2 heterocycles. The number of nitrogens with one attached hydrogen (secondary N) is 2. The Kier molecular flexibility index (Phi) is 7.60. The van der Waals surface area contributed by atoms with Crippen molar-refractivity contribution < 1.29 is 19.1 Å². The van der Waals surface area contributed by atoms with Gasteiger partial charge in [0.25, 0.3) is 5.91 Å². The third kappa shape index (κ3) is 5.79. The minimum absolute atomic E-state index is 0.0913. The summed E-state index contributed by atoms with van der Waals surface area (Å²) in [5, 5.41) is 6.74. The molecule has 0 saturated carbocycles. The third-order valence-electron chi connectivity index (χ3n) is 6.79. The average Bonchev–Trinajstić information content (AvgIpc) is 3.16. The molecule has 0 unspecified atom stereocenters. The van der Waals surface area contributed by atoms with Gasteiger partial charge < -0.3 is 20.1 Å². The number of anilines is 2. The number of carbonyl (C=O) groups is 2. The Hall–Kier alpha value is -2.42. The molecule has 2 amide bonds. The van der Waals surface area contributed by atoms with Gasteiger partial charge in [0.15, 0.2) is 0 Å². The van der Waals surface area contributed by atoms with E-state index in [0.29, 0.717) is 41.9 Å². The number of hydrogen-bond donors (Lipinski definition) is 2. The summed E-state index contributed by atoms with van der Waals surface area (Å²) in [6.07, 6.45) is 2.82. The van der Waals surface area contributed by atoms with Gasteiger partial charge in [0, 0.05) is 23.7 Å². The van der Waals surface area contributed by atoms with E-state index in [9.17, 15) is 9.59 Å². The van der Waals surface area contributed by atoms with Gasteiger partial charge in [-0.25, -0.2) is 0 Å². The molecule has 8 heteroatoms. The summed E-state index contributed by atoms with van der Waals surface area (Å²) >= 11 is 1.56. The Balaban J connectivity index is 1.57. The summed E-state index contributed by atoms with van der Waals surface area (Å²) < 4.78 is 10.6. The number of ether oxygens (including phenoxy) is 2. The van der Waals surface area contributed by atoms with Crippen LogP contribution in [0, 0.1) is 11.3 Å². The number of benzene rings is 1. The van der Waals surface area contributed by atoms with E-state index in [1.54, 1.807) is 18.4 Å². The maximum absolute atomic E-state index is 13.5. The van der Waals surface area contributed by atoms with Gasteiger partial charge >= 0.3 is 0 Å². The molecule has 2 aliphatic rings. The van der Waals surface area contributed by atoms with E-state index < -0.39 is 0 Å². The van der Waals surface area contributed by atoms with Gasteiger partial charge in [0.1, 0.15) is 10.8 Å². The van der Waals surface area contributed by atoms with Crippen molar-refractivity contribution in [1.29, 1.82) is 0 Å². The summed E-state index contributed by atoms with van der Waals surface area (Å²) in [6.45, 7) is 9.90. The molecule has 1 atom stereocenters. The SMILES string of the molecule is COc1ccc(NC(=O)c2c(NC(=O)CN3CCOCC3)sc3c2CC[C@H](C(C)(C)C)C3)cc1. The zero-order chi connectivity index (χ0) is 24.3. The van der Waals surface area contributed by atoms with Crippen LogP contribution in [-0.2, 0) is 22.4 Å². The standard InChI is InChI=1S/C26H35N3O4S/c1-26(2,3)17-5-10-20-21(15-17)34-25(28-22(30)16-29-11-13-33-14-12-29)23(20)24(31)27-18-6-8-19(32-4)9-7-18/h6-9,17H,5,10-16H2,1-4H3,(H,27,31)(H,28,30)/t17-/m0/s1. The first kappa shape index (κ1) is 24.7. The van der Waals surface area contributed by atoms with Crippen LogP contribution < -0.4 is 15.4 Å². The van der Waals surface area contributed by atoms with Gasteiger partial charge in [-0.15, -0.1) is 11.3 Å². The molecule has 184 valence electrons. The van der Waals surface area contributed by atoms with Crippen molar-refractivity contribution in [3.63, 3.8) is 0 Å². The molecule has 34 heavy (non-hydrogen) atoms. The smallest absolute Gasteiger partial charge is 0.258 e. The number of methoxy groups -OCH3 is 1. The van der Waals surface area contributed by atoms with Crippen LogP contribution in [0.1, 0.15) is 48.0 Å². The number of amides is 2. The average molecular weight is 486 g/mol. The van der Waals surface area contributed by atoms with Gasteiger partial charge in [-0.1, -0.05) is 20.8 Å². The lowest BCUT2D eigenvalue weighted by Gasteiger charge is -2.33. The second-order valence-corrected chi connectivity index (χ2v) is 11.2. The van der Waals surface area contributed by atoms with Gasteiger partial charge in [-0.3, -0.25) is 14.5 Å². The van der Waals surface area contributed by atoms with Crippen LogP contribution in [0.25, 0.3) is 0 Å². The zero-order valence-corrected chi connectivity index (χ0v) is 21.3. The highest BCUT2D eigenvalue weighted by atomic mass is 32.1. The van der Waals surface area contributed by atoms with Gasteiger partial charge in [-0.05, 0) is 60.4 Å². The minimum Gasteiger partial charge on any atom is -0.497 e. The first-order chi connectivity index (χ1) is 16.2. The number of rotatable bonds is 6. The molecule has 7 nitrogen and oxygen atoms in total. The molecule has 4 rings (SSSR count). The Bertz CT molecular complexity index is 1020. The Morgan fingerprint density at radius 3 is 2.50 bits per heavy atom. The van der Waals surface area contributed by atoms with Crippen LogP contribution in [0.15, 0.2) is 24.3 Å². The highest BCUT2D eigenvalue weighted by Gasteiger charge is 2.34. The van der Waals surface area contributed by atoms with E-state index in [4.69, 9.17) is 9.47 Å². The summed E-state index contributed by atoms with van der Waals surface area (Å²) in [4.78, 5) is 29.6. The topological polar surface area (TPSA) is 79.9 Å². The van der Waals surface area contributed by atoms with Gasteiger partial charge in [0.2, 0.25) is 5.91 Å². The molecule has 2 aromatic rings. The fourth-order valence-electron chi connectivity index (χ4n) is 4.65. The highest BCUT2D eigenvalue weighted by molar-refractivity contribution is 7.17. The number of hydrogen-bond acceptors (Lipinski definition) is 6. The largest absolute Gasteiger partial charge is 0.497 e. The van der Waals surface area contributed by atoms with Crippen molar-refractivity contribution in [2.45, 2.75) is 40.0 Å². The van der Waals surface area contributed by atoms with Gasteiger partial charge in [0.05, 0.1) is 32.4 Å². The van der Waals surface area contributed by atoms with Crippen LogP contribution in [0.3, 0.4) is 0 Å². The summed E-state index contributed by atoms with van der Waals surface area (Å²) in [5.41, 5.74) is 2.59. The van der Waals surface area contributed by atoms with Gasteiger partial charge in [-0.2, -0.15) is 0 Å². The monoisotopic (exact) mass is 485 g/mol. The first-order valence-electron chi connectivity index (χ1n) is 11.9. The van der Waals surface area contributed by atoms with E-state index in [1.807, 2.05) is 24.3 Å². The lowest BCUT2D eigenvalue weighted by atomic mass is 9.72. The number of fused-ring (bicyclic) bond motifs is 1. The Morgan fingerprint density at radius 2 is 1.85 bits per heavy atom. The maximum Gasteiger partial charge on any atom is 0.258 e. The molecule has 1 fully saturated rings. The van der Waals surface area contributed by atoms with E-state index >= 15 is 0 Å². The van der Waals surface area contributed by atoms with Crippen molar-refractivity contribution in [3.8, 4) is 5.75 Å². The Labute approximate surface area is 205 Å². The summed E-state index contributed by atoms with van der Waals surface area (Å²) in [5.74, 6) is 1.01. The van der Waals surface area contributed by atoms with Crippen LogP contribution in [0.4, 0.5) is 10.7 Å². The fourth-order valence-corrected chi connectivity index (χ4v) is 5.99. The lowest BCUT2D eigenvalue weighted by molar-refractivity contribution is -0.118. The number of morpholine rings is 1. The molecular weight excluding hydrogens is 450 g/mol. The first-order valence-corrected chi connectivity index (χ1v) is 12.8. The lowest BCUT2D eigenvalue weighted by Crippen LogP contribution is -2.41. The zero-order valence-electron chi connectivity index (χ0n) is 20.5. The van der Waals surface area contributed by atoms with E-state index in [-0.39, 0.29) is 17.2 Å². The number of carbonyl (C=O) groups excluding carboxylic acids is 2. The molecule has 1 aliphatic heterocycles. The number of thiophene rings is 1. The molecule has 0 spiro atoms. The second kappa shape index (κ2) is 10.5. The van der Waals surface area contributed by atoms with Crippen LogP contribution >= 0.6 is 11.3 Å². The predicted molar refractivity (Wildman–Crippen MR) is 136 cm³/mol. The third-order valence-corrected chi connectivity index (χ3v) is 7.96.